The number of fused-ring (bicyclic) bond motifs is 1. The quantitative estimate of drug-likeness (QED) is 0.835. The van der Waals surface area contributed by atoms with Crippen LogP contribution < -0.4 is 9.64 Å². The summed E-state index contributed by atoms with van der Waals surface area (Å²) in [7, 11) is 0. The molecule has 0 saturated heterocycles. The van der Waals surface area contributed by atoms with Gasteiger partial charge < -0.3 is 14.7 Å². The molecule has 0 unspecified atom stereocenters. The maximum Gasteiger partial charge on any atom is 0.335 e. The third-order valence-corrected chi connectivity index (χ3v) is 3.00. The second-order valence-corrected chi connectivity index (χ2v) is 4.27. The number of carbonyl (C=O) groups is 2. The average Bonchev–Trinajstić information content (AvgIpc) is 3.12. The first kappa shape index (κ1) is 10.1. The van der Waals surface area contributed by atoms with E-state index in [0.29, 0.717) is 11.4 Å². The first-order valence-corrected chi connectivity index (χ1v) is 5.49. The molecule has 1 aromatic rings. The van der Waals surface area contributed by atoms with E-state index in [-0.39, 0.29) is 24.1 Å². The molecule has 0 atom stereocenters. The number of rotatable bonds is 2. The first-order chi connectivity index (χ1) is 8.16. The fourth-order valence-corrected chi connectivity index (χ4v) is 2.04. The number of hydrogen-bond acceptors (Lipinski definition) is 3. The molecule has 1 amide bonds. The highest BCUT2D eigenvalue weighted by Gasteiger charge is 2.38. The highest BCUT2D eigenvalue weighted by molar-refractivity contribution is 6.00. The van der Waals surface area contributed by atoms with Crippen LogP contribution in [0.4, 0.5) is 5.69 Å². The van der Waals surface area contributed by atoms with Gasteiger partial charge in [0.05, 0.1) is 11.3 Å². The number of nitrogens with zero attached hydrogens (tertiary/aromatic N) is 1. The molecule has 1 heterocycles. The van der Waals surface area contributed by atoms with Crippen molar-refractivity contribution in [2.24, 2.45) is 0 Å². The van der Waals surface area contributed by atoms with Gasteiger partial charge in [-0.15, -0.1) is 0 Å². The zero-order chi connectivity index (χ0) is 12.0. The number of hydrogen-bond donors (Lipinski definition) is 1. The van der Waals surface area contributed by atoms with Crippen molar-refractivity contribution in [1.29, 1.82) is 0 Å². The van der Waals surface area contributed by atoms with Crippen LogP contribution in [0.1, 0.15) is 23.2 Å². The molecule has 2 aliphatic rings. The maximum atomic E-state index is 11.8. The lowest BCUT2D eigenvalue weighted by Gasteiger charge is -2.29. The van der Waals surface area contributed by atoms with Gasteiger partial charge in [0.25, 0.3) is 5.91 Å². The fourth-order valence-electron chi connectivity index (χ4n) is 2.04. The lowest BCUT2D eigenvalue weighted by molar-refractivity contribution is -0.121. The van der Waals surface area contributed by atoms with Gasteiger partial charge in [-0.1, -0.05) is 0 Å². The van der Waals surface area contributed by atoms with Gasteiger partial charge in [0.15, 0.2) is 6.61 Å². The number of aromatic carboxylic acids is 1. The molecule has 17 heavy (non-hydrogen) atoms. The average molecular weight is 233 g/mol. The molecule has 3 rings (SSSR count). The van der Waals surface area contributed by atoms with E-state index in [1.54, 1.807) is 11.0 Å². The van der Waals surface area contributed by atoms with E-state index in [1.807, 2.05) is 0 Å². The van der Waals surface area contributed by atoms with Crippen LogP contribution in [-0.4, -0.2) is 29.6 Å². The molecule has 1 aromatic carbocycles. The van der Waals surface area contributed by atoms with Crippen LogP contribution in [0.25, 0.3) is 0 Å². The second kappa shape index (κ2) is 3.48. The highest BCUT2D eigenvalue weighted by atomic mass is 16.5. The molecule has 5 heteroatoms. The Balaban J connectivity index is 2.08. The van der Waals surface area contributed by atoms with Crippen LogP contribution in [0.15, 0.2) is 18.2 Å². The number of carbonyl (C=O) groups excluding carboxylic acids is 1. The number of carboxylic acids is 1. The first-order valence-electron chi connectivity index (χ1n) is 5.49. The predicted octanol–water partition coefficient (Wildman–Crippen LogP) is 1.27. The SMILES string of the molecule is O=C(O)c1ccc2c(c1)N(C1CC1)C(=O)CO2. The summed E-state index contributed by atoms with van der Waals surface area (Å²) in [6.07, 6.45) is 1.95. The molecule has 1 N–H and O–H groups in total. The number of anilines is 1. The fraction of sp³-hybridized carbons (Fsp3) is 0.333. The maximum absolute atomic E-state index is 11.8. The zero-order valence-electron chi connectivity index (χ0n) is 9.05. The second-order valence-electron chi connectivity index (χ2n) is 4.27. The molecule has 1 fully saturated rings. The van der Waals surface area contributed by atoms with Gasteiger partial charge >= 0.3 is 5.97 Å². The van der Waals surface area contributed by atoms with E-state index in [1.165, 1.54) is 12.1 Å². The molecule has 0 radical (unpaired) electrons. The normalized spacial score (nSPS) is 18.6. The summed E-state index contributed by atoms with van der Waals surface area (Å²) < 4.78 is 5.29. The third-order valence-electron chi connectivity index (χ3n) is 3.00. The van der Waals surface area contributed by atoms with Crippen LogP contribution in [0.3, 0.4) is 0 Å². The van der Waals surface area contributed by atoms with E-state index < -0.39 is 5.97 Å². The van der Waals surface area contributed by atoms with Crippen molar-refractivity contribution in [1.82, 2.24) is 0 Å². The highest BCUT2D eigenvalue weighted by Crippen LogP contribution is 2.40. The third kappa shape index (κ3) is 1.63. The zero-order valence-corrected chi connectivity index (χ0v) is 9.05. The number of ether oxygens (including phenoxy) is 1. The Labute approximate surface area is 97.6 Å². The summed E-state index contributed by atoms with van der Waals surface area (Å²) in [6.45, 7) is 0.0376. The molecule has 0 spiro atoms. The van der Waals surface area contributed by atoms with Crippen molar-refractivity contribution in [3.05, 3.63) is 23.8 Å². The molecular formula is C12H11NO4. The summed E-state index contributed by atoms with van der Waals surface area (Å²) in [6, 6.07) is 4.82. The molecule has 88 valence electrons. The Morgan fingerprint density at radius 3 is 2.82 bits per heavy atom. The minimum Gasteiger partial charge on any atom is -0.482 e. The molecule has 1 saturated carbocycles. The molecule has 0 aromatic heterocycles. The minimum absolute atomic E-state index is 0.0376. The van der Waals surface area contributed by atoms with E-state index in [4.69, 9.17) is 9.84 Å². The van der Waals surface area contributed by atoms with Gasteiger partial charge in [-0.05, 0) is 31.0 Å². The van der Waals surface area contributed by atoms with E-state index in [2.05, 4.69) is 0 Å². The smallest absolute Gasteiger partial charge is 0.335 e. The van der Waals surface area contributed by atoms with Crippen LogP contribution >= 0.6 is 0 Å². The minimum atomic E-state index is -0.999. The van der Waals surface area contributed by atoms with Crippen LogP contribution in [0, 0.1) is 0 Å². The lowest BCUT2D eigenvalue weighted by atomic mass is 10.1. The Morgan fingerprint density at radius 1 is 1.41 bits per heavy atom. The Kier molecular flexibility index (Phi) is 2.07. The van der Waals surface area contributed by atoms with Gasteiger partial charge in [-0.25, -0.2) is 4.79 Å². The predicted molar refractivity (Wildman–Crippen MR) is 59.4 cm³/mol. The van der Waals surface area contributed by atoms with Gasteiger partial charge in [-0.3, -0.25) is 4.79 Å². The number of amides is 1. The molecular weight excluding hydrogens is 222 g/mol. The Morgan fingerprint density at radius 2 is 2.18 bits per heavy atom. The summed E-state index contributed by atoms with van der Waals surface area (Å²) in [5.41, 5.74) is 0.761. The summed E-state index contributed by atoms with van der Waals surface area (Å²) >= 11 is 0. The van der Waals surface area contributed by atoms with Crippen molar-refractivity contribution in [2.45, 2.75) is 18.9 Å². The molecule has 1 aliphatic heterocycles. The van der Waals surface area contributed by atoms with E-state index in [9.17, 15) is 9.59 Å². The van der Waals surface area contributed by atoms with Crippen LogP contribution in [0.5, 0.6) is 5.75 Å². The summed E-state index contributed by atoms with van der Waals surface area (Å²) in [4.78, 5) is 24.4. The topological polar surface area (TPSA) is 66.8 Å². The Hall–Kier alpha value is -2.04. The Bertz CT molecular complexity index is 507. The van der Waals surface area contributed by atoms with Crippen LogP contribution in [0.2, 0.25) is 0 Å². The van der Waals surface area contributed by atoms with E-state index in [0.717, 1.165) is 12.8 Å². The summed E-state index contributed by atoms with van der Waals surface area (Å²) in [5.74, 6) is -0.509. The van der Waals surface area contributed by atoms with Gasteiger partial charge in [-0.2, -0.15) is 0 Å². The summed E-state index contributed by atoms with van der Waals surface area (Å²) in [5, 5.41) is 8.95. The van der Waals surface area contributed by atoms with Crippen molar-refractivity contribution in [3.8, 4) is 5.75 Å². The van der Waals surface area contributed by atoms with Crippen molar-refractivity contribution in [3.63, 3.8) is 0 Å². The van der Waals surface area contributed by atoms with Crippen LogP contribution in [-0.2, 0) is 4.79 Å². The van der Waals surface area contributed by atoms with Crippen molar-refractivity contribution < 1.29 is 19.4 Å². The molecule has 0 bridgehead atoms. The standard InChI is InChI=1S/C12H11NO4/c14-11-6-17-10-4-1-7(12(15)16)5-9(10)13(11)8-2-3-8/h1,4-5,8H,2-3,6H2,(H,15,16). The number of carboxylic acid groups (broad SMARTS) is 1. The van der Waals surface area contributed by atoms with Gasteiger partial charge in [0.2, 0.25) is 0 Å². The lowest BCUT2D eigenvalue weighted by Crippen LogP contribution is -2.40. The number of benzene rings is 1. The van der Waals surface area contributed by atoms with E-state index >= 15 is 0 Å². The van der Waals surface area contributed by atoms with Gasteiger partial charge in [0, 0.05) is 6.04 Å². The van der Waals surface area contributed by atoms with Crippen molar-refractivity contribution >= 4 is 17.6 Å². The molecule has 1 aliphatic carbocycles. The largest absolute Gasteiger partial charge is 0.482 e. The van der Waals surface area contributed by atoms with Gasteiger partial charge in [0.1, 0.15) is 5.75 Å². The monoisotopic (exact) mass is 233 g/mol. The molecule has 5 nitrogen and oxygen atoms in total. The van der Waals surface area contributed by atoms with Crippen molar-refractivity contribution in [2.75, 3.05) is 11.5 Å².